The number of nitrogens with zero attached hydrogens (tertiary/aromatic N) is 6. The summed E-state index contributed by atoms with van der Waals surface area (Å²) in [5.41, 5.74) is 5.14. The summed E-state index contributed by atoms with van der Waals surface area (Å²) in [4.78, 5) is 9.35. The lowest BCUT2D eigenvalue weighted by Crippen LogP contribution is -2.56. The molecule has 3 aliphatic rings. The minimum absolute atomic E-state index is 0.145. The van der Waals surface area contributed by atoms with Crippen LogP contribution in [-0.4, -0.2) is 71.1 Å². The number of rotatable bonds is 4. The summed E-state index contributed by atoms with van der Waals surface area (Å²) in [5.74, 6) is 0. The molecule has 5 heterocycles. The molecule has 3 aromatic rings. The molecule has 2 fully saturated rings. The van der Waals surface area contributed by atoms with Crippen LogP contribution in [0.1, 0.15) is 29.8 Å². The van der Waals surface area contributed by atoms with Crippen molar-refractivity contribution in [3.8, 4) is 6.07 Å². The Morgan fingerprint density at radius 1 is 1.21 bits per heavy atom. The fourth-order valence-corrected chi connectivity index (χ4v) is 5.46. The SMILES string of the molecule is C[C@@H]1CN(c2ccc(C#N)c3ncccc23)C[C@H](CN2CC(n3cc4c(n3)CCNC4)C2)O1. The summed E-state index contributed by atoms with van der Waals surface area (Å²) in [5, 5.41) is 18.8. The van der Waals surface area contributed by atoms with Crippen molar-refractivity contribution in [1.29, 1.82) is 5.26 Å². The van der Waals surface area contributed by atoms with Gasteiger partial charge in [0, 0.05) is 81.3 Å². The maximum Gasteiger partial charge on any atom is 0.101 e. The average molecular weight is 444 g/mol. The lowest BCUT2D eigenvalue weighted by molar-refractivity contribution is -0.0489. The van der Waals surface area contributed by atoms with Crippen LogP contribution >= 0.6 is 0 Å². The molecule has 8 heteroatoms. The molecule has 0 amide bonds. The summed E-state index contributed by atoms with van der Waals surface area (Å²) in [6.45, 7) is 8.74. The normalized spacial score (nSPS) is 23.8. The van der Waals surface area contributed by atoms with E-state index < -0.39 is 0 Å². The number of benzene rings is 1. The monoisotopic (exact) mass is 443 g/mol. The molecule has 0 radical (unpaired) electrons. The lowest BCUT2D eigenvalue weighted by Gasteiger charge is -2.44. The molecule has 2 atom stereocenters. The first-order chi connectivity index (χ1) is 16.2. The van der Waals surface area contributed by atoms with Crippen molar-refractivity contribution in [3.63, 3.8) is 0 Å². The number of pyridine rings is 1. The Morgan fingerprint density at radius 3 is 2.97 bits per heavy atom. The number of ether oxygens (including phenoxy) is 1. The molecular formula is C25H29N7O. The van der Waals surface area contributed by atoms with Crippen LogP contribution in [0, 0.1) is 11.3 Å². The van der Waals surface area contributed by atoms with Crippen LogP contribution in [0.2, 0.25) is 0 Å². The van der Waals surface area contributed by atoms with E-state index in [1.165, 1.54) is 11.3 Å². The number of hydrogen-bond acceptors (Lipinski definition) is 7. The highest BCUT2D eigenvalue weighted by molar-refractivity contribution is 5.95. The van der Waals surface area contributed by atoms with E-state index in [0.717, 1.165) is 68.8 Å². The Balaban J connectivity index is 1.13. The second-order valence-electron chi connectivity index (χ2n) is 9.50. The molecule has 3 aliphatic heterocycles. The van der Waals surface area contributed by atoms with Crippen LogP contribution in [0.15, 0.2) is 36.7 Å². The zero-order chi connectivity index (χ0) is 22.4. The Labute approximate surface area is 193 Å². The standard InChI is InChI=1S/C25H29N7O/c1-17-11-31(24-5-4-18(9-26)25-22(24)3-2-7-28-25)16-21(33-17)15-30-13-20(14-30)32-12-19-10-27-8-6-23(19)29-32/h2-5,7,12,17,20-21,27H,6,8,10-11,13-16H2,1H3/t17-,21+/m1/s1. The van der Waals surface area contributed by atoms with Gasteiger partial charge in [-0.15, -0.1) is 0 Å². The van der Waals surface area contributed by atoms with Crippen molar-refractivity contribution < 1.29 is 4.74 Å². The van der Waals surface area contributed by atoms with Crippen LogP contribution < -0.4 is 10.2 Å². The number of nitriles is 1. The molecule has 0 aliphatic carbocycles. The summed E-state index contributed by atoms with van der Waals surface area (Å²) in [6.07, 6.45) is 5.31. The third-order valence-corrected chi connectivity index (χ3v) is 7.06. The van der Waals surface area contributed by atoms with Gasteiger partial charge in [0.25, 0.3) is 0 Å². The third-order valence-electron chi connectivity index (χ3n) is 7.06. The fourth-order valence-electron chi connectivity index (χ4n) is 5.46. The van der Waals surface area contributed by atoms with E-state index in [2.05, 4.69) is 56.1 Å². The van der Waals surface area contributed by atoms with Crippen LogP contribution in [0.5, 0.6) is 0 Å². The Bertz CT molecular complexity index is 1190. The smallest absolute Gasteiger partial charge is 0.101 e. The van der Waals surface area contributed by atoms with E-state index in [4.69, 9.17) is 9.84 Å². The lowest BCUT2D eigenvalue weighted by atomic mass is 10.0. The van der Waals surface area contributed by atoms with Gasteiger partial charge < -0.3 is 15.0 Å². The van der Waals surface area contributed by atoms with Gasteiger partial charge in [-0.1, -0.05) is 0 Å². The third kappa shape index (κ3) is 3.86. The molecule has 0 spiro atoms. The highest BCUT2D eigenvalue weighted by Crippen LogP contribution is 2.31. The van der Waals surface area contributed by atoms with Gasteiger partial charge in [-0.25, -0.2) is 0 Å². The number of anilines is 1. The van der Waals surface area contributed by atoms with Gasteiger partial charge in [0.1, 0.15) is 6.07 Å². The largest absolute Gasteiger partial charge is 0.370 e. The van der Waals surface area contributed by atoms with E-state index >= 15 is 0 Å². The predicted molar refractivity (Wildman–Crippen MR) is 126 cm³/mol. The fraction of sp³-hybridized carbons (Fsp3) is 0.480. The zero-order valence-electron chi connectivity index (χ0n) is 18.9. The molecule has 2 aromatic heterocycles. The van der Waals surface area contributed by atoms with E-state index in [1.807, 2.05) is 12.1 Å². The topological polar surface area (TPSA) is 82.2 Å². The molecule has 170 valence electrons. The molecular weight excluding hydrogens is 414 g/mol. The van der Waals surface area contributed by atoms with E-state index in [-0.39, 0.29) is 12.2 Å². The number of aromatic nitrogens is 3. The molecule has 0 bridgehead atoms. The predicted octanol–water partition coefficient (Wildman–Crippen LogP) is 2.10. The van der Waals surface area contributed by atoms with Crippen LogP contribution in [0.25, 0.3) is 10.9 Å². The molecule has 8 nitrogen and oxygen atoms in total. The highest BCUT2D eigenvalue weighted by atomic mass is 16.5. The molecule has 0 unspecified atom stereocenters. The van der Waals surface area contributed by atoms with E-state index in [9.17, 15) is 5.26 Å². The summed E-state index contributed by atoms with van der Waals surface area (Å²) >= 11 is 0. The van der Waals surface area contributed by atoms with E-state index in [0.29, 0.717) is 11.6 Å². The van der Waals surface area contributed by atoms with Gasteiger partial charge in [0.15, 0.2) is 0 Å². The minimum Gasteiger partial charge on any atom is -0.370 e. The van der Waals surface area contributed by atoms with Crippen molar-refractivity contribution in [3.05, 3.63) is 53.5 Å². The van der Waals surface area contributed by atoms with Gasteiger partial charge in [0.2, 0.25) is 0 Å². The maximum absolute atomic E-state index is 9.47. The summed E-state index contributed by atoms with van der Waals surface area (Å²) < 4.78 is 8.51. The zero-order valence-corrected chi connectivity index (χ0v) is 18.9. The van der Waals surface area contributed by atoms with E-state index in [1.54, 1.807) is 6.20 Å². The van der Waals surface area contributed by atoms with Gasteiger partial charge in [-0.2, -0.15) is 10.4 Å². The highest BCUT2D eigenvalue weighted by Gasteiger charge is 2.34. The van der Waals surface area contributed by atoms with Crippen LogP contribution in [-0.2, 0) is 17.7 Å². The molecule has 6 rings (SSSR count). The van der Waals surface area contributed by atoms with Crippen molar-refractivity contribution in [2.45, 2.75) is 38.1 Å². The van der Waals surface area contributed by atoms with Crippen LogP contribution in [0.3, 0.4) is 0 Å². The molecule has 33 heavy (non-hydrogen) atoms. The molecule has 0 saturated carbocycles. The molecule has 2 saturated heterocycles. The maximum atomic E-state index is 9.47. The number of morpholine rings is 1. The van der Waals surface area contributed by atoms with Crippen molar-refractivity contribution >= 4 is 16.6 Å². The summed E-state index contributed by atoms with van der Waals surface area (Å²) in [6, 6.07) is 10.7. The second-order valence-corrected chi connectivity index (χ2v) is 9.50. The van der Waals surface area contributed by atoms with Gasteiger partial charge in [0.05, 0.1) is 35.0 Å². The molecule has 1 N–H and O–H groups in total. The van der Waals surface area contributed by atoms with Gasteiger partial charge in [-0.3, -0.25) is 14.6 Å². The quantitative estimate of drug-likeness (QED) is 0.661. The van der Waals surface area contributed by atoms with Gasteiger partial charge in [-0.05, 0) is 31.2 Å². The van der Waals surface area contributed by atoms with Crippen LogP contribution in [0.4, 0.5) is 5.69 Å². The number of likely N-dealkylation sites (tertiary alicyclic amines) is 1. The Kier molecular flexibility index (Phi) is 5.25. The average Bonchev–Trinajstić information content (AvgIpc) is 3.23. The van der Waals surface area contributed by atoms with Crippen molar-refractivity contribution in [2.75, 3.05) is 44.2 Å². The Morgan fingerprint density at radius 2 is 2.12 bits per heavy atom. The van der Waals surface area contributed by atoms with Gasteiger partial charge >= 0.3 is 0 Å². The minimum atomic E-state index is 0.145. The summed E-state index contributed by atoms with van der Waals surface area (Å²) in [7, 11) is 0. The van der Waals surface area contributed by atoms with Crippen molar-refractivity contribution in [1.82, 2.24) is 25.0 Å². The first kappa shape index (κ1) is 20.6. The number of fused-ring (bicyclic) bond motifs is 2. The van der Waals surface area contributed by atoms with Crippen molar-refractivity contribution in [2.24, 2.45) is 0 Å². The molecule has 1 aromatic carbocycles. The first-order valence-electron chi connectivity index (χ1n) is 11.9. The first-order valence-corrected chi connectivity index (χ1v) is 11.9. The Hall–Kier alpha value is -2.99. The second kappa shape index (κ2) is 8.41. The number of nitrogens with one attached hydrogen (secondary N) is 1. The number of hydrogen-bond donors (Lipinski definition) is 1.